The Bertz CT molecular complexity index is 2150. The molecule has 0 aliphatic heterocycles. The molecule has 7 aromatic rings. The first-order valence-corrected chi connectivity index (χ1v) is 15.6. The van der Waals surface area contributed by atoms with Gasteiger partial charge in [0.1, 0.15) is 5.82 Å². The molecule has 0 N–H and O–H groups in total. The molecule has 3 aromatic heterocycles. The van der Waals surface area contributed by atoms with Crippen LogP contribution in [-0.4, -0.2) is 19.3 Å². The largest absolute Gasteiger partial charge is 2.00 e. The molecule has 0 aliphatic rings. The summed E-state index contributed by atoms with van der Waals surface area (Å²) >= 11 is 0. The number of nitrogens with zero attached hydrogens (tertiary/aromatic N) is 4. The molecule has 46 heavy (non-hydrogen) atoms. The Labute approximate surface area is 285 Å². The minimum absolute atomic E-state index is 0. The standard InChI is InChI=1S/C40H36N4O.Pt/c1-6-34-39(27-14-9-8-10-15-27)35(7-2)44(42-34)29-16-13-17-30(25-29)45-31-20-21-33-32-18-11-12-19-36(32)43(37(33)26-31)38-24-28(22-23-41-38)40(3,4)5;/h8-24H,6-7H2,1-5H3;/q-2;+2. The number of hydrogen-bond donors (Lipinski definition) is 0. The first kappa shape index (κ1) is 31.5. The number of para-hydroxylation sites is 1. The van der Waals surface area contributed by atoms with E-state index < -0.39 is 0 Å². The molecule has 0 saturated heterocycles. The van der Waals surface area contributed by atoms with Crippen LogP contribution in [0.2, 0.25) is 0 Å². The maximum Gasteiger partial charge on any atom is 2.00 e. The average Bonchev–Trinajstić information content (AvgIpc) is 3.60. The van der Waals surface area contributed by atoms with Crippen molar-refractivity contribution in [1.29, 1.82) is 0 Å². The third-order valence-electron chi connectivity index (χ3n) is 8.38. The molecule has 0 unspecified atom stereocenters. The van der Waals surface area contributed by atoms with E-state index in [1.165, 1.54) is 16.7 Å². The second-order valence-corrected chi connectivity index (χ2v) is 12.3. The van der Waals surface area contributed by atoms with Crippen LogP contribution in [0.1, 0.15) is 51.6 Å². The van der Waals surface area contributed by atoms with Crippen molar-refractivity contribution in [3.63, 3.8) is 0 Å². The van der Waals surface area contributed by atoms with Gasteiger partial charge in [0.05, 0.1) is 5.69 Å². The van der Waals surface area contributed by atoms with Crippen LogP contribution in [0.3, 0.4) is 0 Å². The molecule has 3 heterocycles. The number of hydrogen-bond acceptors (Lipinski definition) is 3. The fraction of sp³-hybridized carbons (Fsp3) is 0.200. The normalized spacial score (nSPS) is 11.6. The molecule has 232 valence electrons. The Morgan fingerprint density at radius 2 is 1.52 bits per heavy atom. The van der Waals surface area contributed by atoms with Gasteiger partial charge in [0.25, 0.3) is 0 Å². The molecule has 0 atom stereocenters. The summed E-state index contributed by atoms with van der Waals surface area (Å²) in [5, 5.41) is 7.29. The van der Waals surface area contributed by atoms with Crippen LogP contribution in [0.25, 0.3) is 44.4 Å². The molecule has 5 nitrogen and oxygen atoms in total. The maximum atomic E-state index is 6.45. The molecule has 0 bridgehead atoms. The van der Waals surface area contributed by atoms with Gasteiger partial charge < -0.3 is 9.30 Å². The van der Waals surface area contributed by atoms with Crippen molar-refractivity contribution >= 4 is 21.8 Å². The quantitative estimate of drug-likeness (QED) is 0.151. The summed E-state index contributed by atoms with van der Waals surface area (Å²) in [7, 11) is 0. The zero-order valence-corrected chi connectivity index (χ0v) is 29.0. The van der Waals surface area contributed by atoms with Gasteiger partial charge in [0.15, 0.2) is 0 Å². The summed E-state index contributed by atoms with van der Waals surface area (Å²) in [5.41, 5.74) is 8.71. The average molecular weight is 784 g/mol. The molecule has 0 saturated carbocycles. The Morgan fingerprint density at radius 3 is 2.28 bits per heavy atom. The molecule has 6 heteroatoms. The van der Waals surface area contributed by atoms with Crippen molar-refractivity contribution in [2.75, 3.05) is 0 Å². The molecule has 7 rings (SSSR count). The van der Waals surface area contributed by atoms with Crippen molar-refractivity contribution < 1.29 is 25.8 Å². The second kappa shape index (κ2) is 12.7. The van der Waals surface area contributed by atoms with Crippen LogP contribution < -0.4 is 4.74 Å². The van der Waals surface area contributed by atoms with Crippen molar-refractivity contribution in [3.05, 3.63) is 132 Å². The Hall–Kier alpha value is -4.47. The fourth-order valence-electron chi connectivity index (χ4n) is 6.13. The molecular formula is C40H36N4OPt. The third kappa shape index (κ3) is 5.69. The number of fused-ring (bicyclic) bond motifs is 3. The number of benzene rings is 4. The van der Waals surface area contributed by atoms with E-state index in [2.05, 4.69) is 118 Å². The number of aromatic nitrogens is 4. The van der Waals surface area contributed by atoms with Gasteiger partial charge in [-0.15, -0.1) is 35.7 Å². The SMILES string of the molecule is CCc1nn(-c2[c-]c(Oc3[c-]c4c(cc3)c3ccccc3n4-c3cc(C(C)(C)C)ccn3)ccc2)c(CC)c1-c1ccccc1.[Pt+2]. The molecule has 4 aromatic carbocycles. The summed E-state index contributed by atoms with van der Waals surface area (Å²) < 4.78 is 10.7. The Kier molecular flexibility index (Phi) is 8.72. The van der Waals surface area contributed by atoms with Crippen molar-refractivity contribution in [3.8, 4) is 34.1 Å². The molecule has 0 aliphatic carbocycles. The van der Waals surface area contributed by atoms with E-state index in [1.807, 2.05) is 41.2 Å². The number of ether oxygens (including phenoxy) is 1. The van der Waals surface area contributed by atoms with E-state index in [0.717, 1.165) is 57.5 Å². The van der Waals surface area contributed by atoms with Crippen LogP contribution in [-0.2, 0) is 39.3 Å². The maximum absolute atomic E-state index is 6.45. The third-order valence-corrected chi connectivity index (χ3v) is 8.38. The van der Waals surface area contributed by atoms with Gasteiger partial charge >= 0.3 is 21.1 Å². The van der Waals surface area contributed by atoms with Gasteiger partial charge in [-0.1, -0.05) is 88.7 Å². The number of rotatable bonds is 7. The zero-order chi connectivity index (χ0) is 31.1. The topological polar surface area (TPSA) is 44.9 Å². The van der Waals surface area contributed by atoms with Gasteiger partial charge in [0.2, 0.25) is 0 Å². The van der Waals surface area contributed by atoms with E-state index in [4.69, 9.17) is 14.8 Å². The first-order chi connectivity index (χ1) is 21.9. The molecule has 0 spiro atoms. The summed E-state index contributed by atoms with van der Waals surface area (Å²) in [6.45, 7) is 11.0. The van der Waals surface area contributed by atoms with Gasteiger partial charge in [-0.3, -0.25) is 4.68 Å². The van der Waals surface area contributed by atoms with Crippen LogP contribution in [0, 0.1) is 12.1 Å². The van der Waals surface area contributed by atoms with E-state index >= 15 is 0 Å². The van der Waals surface area contributed by atoms with Crippen LogP contribution >= 0.6 is 0 Å². The summed E-state index contributed by atoms with van der Waals surface area (Å²) in [6.07, 6.45) is 3.58. The fourth-order valence-corrected chi connectivity index (χ4v) is 6.13. The number of aryl methyl sites for hydroxylation is 1. The molecule has 0 amide bonds. The first-order valence-electron chi connectivity index (χ1n) is 15.6. The molecule has 0 fully saturated rings. The van der Waals surface area contributed by atoms with Crippen molar-refractivity contribution in [2.45, 2.75) is 52.9 Å². The van der Waals surface area contributed by atoms with Crippen LogP contribution in [0.4, 0.5) is 0 Å². The van der Waals surface area contributed by atoms with E-state index in [0.29, 0.717) is 11.5 Å². The van der Waals surface area contributed by atoms with Gasteiger partial charge in [-0.25, -0.2) is 4.98 Å². The van der Waals surface area contributed by atoms with Crippen molar-refractivity contribution in [2.24, 2.45) is 0 Å². The molecular weight excluding hydrogens is 748 g/mol. The predicted molar refractivity (Wildman–Crippen MR) is 183 cm³/mol. The predicted octanol–water partition coefficient (Wildman–Crippen LogP) is 9.84. The van der Waals surface area contributed by atoms with E-state index in [1.54, 1.807) is 0 Å². The van der Waals surface area contributed by atoms with Gasteiger partial charge in [-0.05, 0) is 58.7 Å². The van der Waals surface area contributed by atoms with Crippen molar-refractivity contribution in [1.82, 2.24) is 19.3 Å². The van der Waals surface area contributed by atoms with E-state index in [9.17, 15) is 0 Å². The summed E-state index contributed by atoms with van der Waals surface area (Å²) in [4.78, 5) is 4.79. The smallest absolute Gasteiger partial charge is 0.509 e. The monoisotopic (exact) mass is 783 g/mol. The van der Waals surface area contributed by atoms with E-state index in [-0.39, 0.29) is 26.5 Å². The van der Waals surface area contributed by atoms with Crippen LogP contribution in [0.5, 0.6) is 11.5 Å². The minimum atomic E-state index is 0. The number of pyridine rings is 1. The van der Waals surface area contributed by atoms with Gasteiger partial charge in [-0.2, -0.15) is 17.2 Å². The minimum Gasteiger partial charge on any atom is -0.509 e. The zero-order valence-electron chi connectivity index (χ0n) is 26.7. The Morgan fingerprint density at radius 1 is 0.761 bits per heavy atom. The summed E-state index contributed by atoms with van der Waals surface area (Å²) in [6, 6.07) is 40.3. The summed E-state index contributed by atoms with van der Waals surface area (Å²) in [5.74, 6) is 2.08. The molecule has 0 radical (unpaired) electrons. The van der Waals surface area contributed by atoms with Crippen LogP contribution in [0.15, 0.2) is 103 Å². The Balaban J connectivity index is 0.00000372. The second-order valence-electron chi connectivity index (χ2n) is 12.3. The van der Waals surface area contributed by atoms with Gasteiger partial charge in [0, 0.05) is 34.5 Å².